The van der Waals surface area contributed by atoms with Crippen molar-refractivity contribution in [3.63, 3.8) is 0 Å². The summed E-state index contributed by atoms with van der Waals surface area (Å²) in [5.74, 6) is 2.58. The lowest BCUT2D eigenvalue weighted by atomic mass is 9.96. The van der Waals surface area contributed by atoms with Crippen molar-refractivity contribution < 1.29 is 0 Å². The highest BCUT2D eigenvalue weighted by molar-refractivity contribution is 5.35. The van der Waals surface area contributed by atoms with Gasteiger partial charge < -0.3 is 10.2 Å². The number of piperidine rings is 1. The van der Waals surface area contributed by atoms with Crippen molar-refractivity contribution in [2.45, 2.75) is 26.7 Å². The van der Waals surface area contributed by atoms with Crippen LogP contribution in [0.15, 0.2) is 18.6 Å². The van der Waals surface area contributed by atoms with E-state index in [0.717, 1.165) is 43.8 Å². The first kappa shape index (κ1) is 13.3. The summed E-state index contributed by atoms with van der Waals surface area (Å²) >= 11 is 0. The van der Waals surface area contributed by atoms with Crippen LogP contribution < -0.4 is 10.2 Å². The molecule has 1 aliphatic heterocycles. The summed E-state index contributed by atoms with van der Waals surface area (Å²) < 4.78 is 0. The average molecular weight is 248 g/mol. The van der Waals surface area contributed by atoms with Gasteiger partial charge in [-0.1, -0.05) is 13.8 Å². The van der Waals surface area contributed by atoms with Crippen molar-refractivity contribution in [1.82, 2.24) is 15.3 Å². The molecule has 1 aromatic heterocycles. The summed E-state index contributed by atoms with van der Waals surface area (Å²) in [4.78, 5) is 10.8. The molecule has 0 unspecified atom stereocenters. The number of nitrogens with one attached hydrogen (secondary N) is 1. The van der Waals surface area contributed by atoms with E-state index >= 15 is 0 Å². The lowest BCUT2D eigenvalue weighted by Gasteiger charge is -2.32. The van der Waals surface area contributed by atoms with Gasteiger partial charge in [-0.25, -0.2) is 4.98 Å². The van der Waals surface area contributed by atoms with Gasteiger partial charge in [0.2, 0.25) is 0 Å². The fourth-order valence-corrected chi connectivity index (χ4v) is 2.40. The minimum absolute atomic E-state index is 0.740. The van der Waals surface area contributed by atoms with Gasteiger partial charge >= 0.3 is 0 Å². The second-order valence-corrected chi connectivity index (χ2v) is 5.55. The molecule has 1 aliphatic rings. The number of anilines is 1. The van der Waals surface area contributed by atoms with Gasteiger partial charge in [0.1, 0.15) is 5.82 Å². The first-order valence-corrected chi connectivity index (χ1v) is 6.97. The number of hydrogen-bond donors (Lipinski definition) is 1. The third-order valence-corrected chi connectivity index (χ3v) is 3.47. The molecule has 0 saturated carbocycles. The molecule has 1 saturated heterocycles. The van der Waals surface area contributed by atoms with E-state index < -0.39 is 0 Å². The standard InChI is InChI=1S/C14H24N4/c1-12(2)9-16-10-13-3-7-18(8-4-13)14-11-15-5-6-17-14/h5-6,11-13,16H,3-4,7-10H2,1-2H3. The topological polar surface area (TPSA) is 41.0 Å². The Kier molecular flexibility index (Phi) is 4.93. The van der Waals surface area contributed by atoms with Crippen LogP contribution in [0.25, 0.3) is 0 Å². The van der Waals surface area contributed by atoms with Crippen molar-refractivity contribution in [3.8, 4) is 0 Å². The normalized spacial score (nSPS) is 17.4. The highest BCUT2D eigenvalue weighted by Gasteiger charge is 2.19. The van der Waals surface area contributed by atoms with Crippen LogP contribution in [-0.4, -0.2) is 36.1 Å². The lowest BCUT2D eigenvalue weighted by Crippen LogP contribution is -2.38. The van der Waals surface area contributed by atoms with Crippen LogP contribution in [0.3, 0.4) is 0 Å². The van der Waals surface area contributed by atoms with E-state index in [1.54, 1.807) is 12.4 Å². The average Bonchev–Trinajstić information content (AvgIpc) is 2.40. The van der Waals surface area contributed by atoms with Crippen LogP contribution in [0, 0.1) is 11.8 Å². The Labute approximate surface area is 110 Å². The van der Waals surface area contributed by atoms with Gasteiger partial charge in [0.25, 0.3) is 0 Å². The molecule has 18 heavy (non-hydrogen) atoms. The van der Waals surface area contributed by atoms with Gasteiger partial charge in [-0.3, -0.25) is 4.98 Å². The Morgan fingerprint density at radius 1 is 1.33 bits per heavy atom. The molecule has 4 nitrogen and oxygen atoms in total. The second-order valence-electron chi connectivity index (χ2n) is 5.55. The Bertz CT molecular complexity index is 331. The minimum Gasteiger partial charge on any atom is -0.355 e. The van der Waals surface area contributed by atoms with Crippen LogP contribution in [0.1, 0.15) is 26.7 Å². The van der Waals surface area contributed by atoms with Crippen LogP contribution >= 0.6 is 0 Å². The molecule has 0 aromatic carbocycles. The van der Waals surface area contributed by atoms with Gasteiger partial charge in [-0.15, -0.1) is 0 Å². The molecule has 0 bridgehead atoms. The van der Waals surface area contributed by atoms with E-state index in [0.29, 0.717) is 0 Å². The fraction of sp³-hybridized carbons (Fsp3) is 0.714. The number of nitrogens with zero attached hydrogens (tertiary/aromatic N) is 3. The molecule has 100 valence electrons. The molecule has 1 aromatic rings. The van der Waals surface area contributed by atoms with E-state index in [2.05, 4.69) is 34.0 Å². The zero-order valence-electron chi connectivity index (χ0n) is 11.5. The summed E-state index contributed by atoms with van der Waals surface area (Å²) in [7, 11) is 0. The molecule has 0 spiro atoms. The third kappa shape index (κ3) is 3.95. The Morgan fingerprint density at radius 3 is 2.72 bits per heavy atom. The number of aromatic nitrogens is 2. The Hall–Kier alpha value is -1.16. The monoisotopic (exact) mass is 248 g/mol. The summed E-state index contributed by atoms with van der Waals surface area (Å²) in [5, 5.41) is 3.56. The van der Waals surface area contributed by atoms with Crippen LogP contribution in [-0.2, 0) is 0 Å². The Balaban J connectivity index is 1.71. The van der Waals surface area contributed by atoms with Crippen molar-refractivity contribution in [2.75, 3.05) is 31.1 Å². The summed E-state index contributed by atoms with van der Waals surface area (Å²) in [6, 6.07) is 0. The van der Waals surface area contributed by atoms with Gasteiger partial charge in [-0.2, -0.15) is 0 Å². The highest BCUT2D eigenvalue weighted by atomic mass is 15.2. The largest absolute Gasteiger partial charge is 0.355 e. The van der Waals surface area contributed by atoms with E-state index in [1.165, 1.54) is 12.8 Å². The maximum atomic E-state index is 4.36. The third-order valence-electron chi connectivity index (χ3n) is 3.47. The Morgan fingerprint density at radius 2 is 2.11 bits per heavy atom. The molecule has 0 atom stereocenters. The molecule has 1 fully saturated rings. The fourth-order valence-electron chi connectivity index (χ4n) is 2.40. The smallest absolute Gasteiger partial charge is 0.147 e. The quantitative estimate of drug-likeness (QED) is 0.864. The predicted octanol–water partition coefficient (Wildman–Crippen LogP) is 1.94. The molecular formula is C14H24N4. The van der Waals surface area contributed by atoms with E-state index in [1.807, 2.05) is 6.20 Å². The van der Waals surface area contributed by atoms with Crippen molar-refractivity contribution >= 4 is 5.82 Å². The maximum absolute atomic E-state index is 4.36. The summed E-state index contributed by atoms with van der Waals surface area (Å²) in [6.07, 6.45) is 7.86. The van der Waals surface area contributed by atoms with Crippen molar-refractivity contribution in [1.29, 1.82) is 0 Å². The van der Waals surface area contributed by atoms with Crippen LogP contribution in [0.2, 0.25) is 0 Å². The zero-order chi connectivity index (χ0) is 12.8. The molecular weight excluding hydrogens is 224 g/mol. The zero-order valence-corrected chi connectivity index (χ0v) is 11.5. The molecule has 0 amide bonds. The van der Waals surface area contributed by atoms with Gasteiger partial charge in [0.05, 0.1) is 6.20 Å². The lowest BCUT2D eigenvalue weighted by molar-refractivity contribution is 0.373. The first-order chi connectivity index (χ1) is 8.75. The van der Waals surface area contributed by atoms with E-state index in [4.69, 9.17) is 0 Å². The second kappa shape index (κ2) is 6.69. The molecule has 1 N–H and O–H groups in total. The predicted molar refractivity (Wildman–Crippen MR) is 74.7 cm³/mol. The van der Waals surface area contributed by atoms with Gasteiger partial charge in [0.15, 0.2) is 0 Å². The molecule has 0 radical (unpaired) electrons. The highest BCUT2D eigenvalue weighted by Crippen LogP contribution is 2.20. The van der Waals surface area contributed by atoms with E-state index in [9.17, 15) is 0 Å². The molecule has 2 heterocycles. The van der Waals surface area contributed by atoms with E-state index in [-0.39, 0.29) is 0 Å². The van der Waals surface area contributed by atoms with Gasteiger partial charge in [0, 0.05) is 25.5 Å². The van der Waals surface area contributed by atoms with Crippen molar-refractivity contribution in [2.24, 2.45) is 11.8 Å². The van der Waals surface area contributed by atoms with Gasteiger partial charge in [-0.05, 0) is 37.8 Å². The number of rotatable bonds is 5. The first-order valence-electron chi connectivity index (χ1n) is 6.97. The molecule has 0 aliphatic carbocycles. The van der Waals surface area contributed by atoms with Crippen LogP contribution in [0.5, 0.6) is 0 Å². The minimum atomic E-state index is 0.740. The van der Waals surface area contributed by atoms with Crippen LogP contribution in [0.4, 0.5) is 5.82 Å². The maximum Gasteiger partial charge on any atom is 0.147 e. The number of hydrogen-bond acceptors (Lipinski definition) is 4. The summed E-state index contributed by atoms with van der Waals surface area (Å²) in [6.45, 7) is 9.00. The van der Waals surface area contributed by atoms with Crippen molar-refractivity contribution in [3.05, 3.63) is 18.6 Å². The molecule has 4 heteroatoms. The SMILES string of the molecule is CC(C)CNCC1CCN(c2cnccn2)CC1. The summed E-state index contributed by atoms with van der Waals surface area (Å²) in [5.41, 5.74) is 0. The molecule has 2 rings (SSSR count).